The smallest absolute Gasteiger partial charge is 0.152 e. The minimum absolute atomic E-state index is 0.459. The lowest BCUT2D eigenvalue weighted by Crippen LogP contribution is -2.03. The molecule has 0 unspecified atom stereocenters. The van der Waals surface area contributed by atoms with Crippen molar-refractivity contribution < 1.29 is 0 Å². The molecule has 88 valence electrons. The molecule has 17 heavy (non-hydrogen) atoms. The molecule has 2 aromatic rings. The Balaban J connectivity index is 2.10. The fraction of sp³-hybridized carbons (Fsp3) is 0.0909. The van der Waals surface area contributed by atoms with Crippen molar-refractivity contribution in [3.63, 3.8) is 0 Å². The molecule has 2 aromatic heterocycles. The summed E-state index contributed by atoms with van der Waals surface area (Å²) in [6.07, 6.45) is 3.41. The summed E-state index contributed by atoms with van der Waals surface area (Å²) in [5.41, 5.74) is 1.71. The third-order valence-electron chi connectivity index (χ3n) is 2.09. The van der Waals surface area contributed by atoms with E-state index in [-0.39, 0.29) is 0 Å². The number of rotatable bonds is 3. The molecule has 0 aromatic carbocycles. The maximum atomic E-state index is 5.94. The molecule has 0 aliphatic rings. The maximum absolute atomic E-state index is 5.94. The third-order valence-corrected chi connectivity index (χ3v) is 3.51. The van der Waals surface area contributed by atoms with Crippen LogP contribution in [0.1, 0.15) is 5.69 Å². The summed E-state index contributed by atoms with van der Waals surface area (Å²) in [5, 5.41) is 3.65. The van der Waals surface area contributed by atoms with Gasteiger partial charge in [-0.3, -0.25) is 4.98 Å². The minimum atomic E-state index is 0.459. The average molecular weight is 377 g/mol. The van der Waals surface area contributed by atoms with Crippen LogP contribution in [-0.2, 0) is 6.54 Å². The lowest BCUT2D eigenvalue weighted by Gasteiger charge is -2.08. The molecule has 0 saturated carbocycles. The predicted octanol–water partition coefficient (Wildman–Crippen LogP) is 4.27. The lowest BCUT2D eigenvalue weighted by molar-refractivity contribution is 1.02. The molecular formula is C11H8Br2ClN3. The molecule has 2 rings (SSSR count). The minimum Gasteiger partial charge on any atom is -0.377 e. The zero-order valence-corrected chi connectivity index (χ0v) is 12.6. The number of hydrogen-bond acceptors (Lipinski definition) is 3. The Labute approximate surface area is 121 Å². The van der Waals surface area contributed by atoms with Crippen molar-refractivity contribution >= 4 is 49.1 Å². The number of halogens is 3. The second kappa shape index (κ2) is 5.80. The first kappa shape index (κ1) is 12.8. The van der Waals surface area contributed by atoms with Gasteiger partial charge in [0.25, 0.3) is 0 Å². The van der Waals surface area contributed by atoms with Gasteiger partial charge in [-0.1, -0.05) is 11.6 Å². The number of nitrogens with zero attached hydrogens (tertiary/aromatic N) is 2. The summed E-state index contributed by atoms with van der Waals surface area (Å²) < 4.78 is 1.88. The van der Waals surface area contributed by atoms with Gasteiger partial charge in [-0.25, -0.2) is 4.98 Å². The molecule has 0 amide bonds. The van der Waals surface area contributed by atoms with E-state index in [0.29, 0.717) is 11.7 Å². The highest BCUT2D eigenvalue weighted by Gasteiger charge is 2.04. The van der Waals surface area contributed by atoms with Crippen LogP contribution < -0.4 is 5.32 Å². The van der Waals surface area contributed by atoms with E-state index >= 15 is 0 Å². The molecule has 1 N–H and O–H groups in total. The Morgan fingerprint density at radius 3 is 2.82 bits per heavy atom. The quantitative estimate of drug-likeness (QED) is 0.812. The molecule has 3 nitrogen and oxygen atoms in total. The maximum Gasteiger partial charge on any atom is 0.152 e. The highest BCUT2D eigenvalue weighted by atomic mass is 79.9. The largest absolute Gasteiger partial charge is 0.377 e. The summed E-state index contributed by atoms with van der Waals surface area (Å²) in [6.45, 7) is 0.583. The van der Waals surface area contributed by atoms with E-state index in [1.54, 1.807) is 12.4 Å². The van der Waals surface area contributed by atoms with Gasteiger partial charge >= 0.3 is 0 Å². The molecule has 0 aliphatic heterocycles. The van der Waals surface area contributed by atoms with Crippen molar-refractivity contribution in [3.8, 4) is 0 Å². The van der Waals surface area contributed by atoms with E-state index < -0.39 is 0 Å². The first-order chi connectivity index (χ1) is 8.16. The van der Waals surface area contributed by atoms with E-state index in [2.05, 4.69) is 47.1 Å². The van der Waals surface area contributed by atoms with Crippen LogP contribution in [0.2, 0.25) is 5.15 Å². The second-order valence-electron chi connectivity index (χ2n) is 3.28. The Morgan fingerprint density at radius 2 is 2.12 bits per heavy atom. The van der Waals surface area contributed by atoms with Crippen molar-refractivity contribution in [1.82, 2.24) is 9.97 Å². The summed E-state index contributed by atoms with van der Waals surface area (Å²) >= 11 is 12.8. The van der Waals surface area contributed by atoms with Gasteiger partial charge in [0, 0.05) is 21.3 Å². The molecule has 2 heterocycles. The van der Waals surface area contributed by atoms with Crippen LogP contribution >= 0.6 is 43.5 Å². The van der Waals surface area contributed by atoms with Crippen molar-refractivity contribution in [2.75, 3.05) is 5.32 Å². The van der Waals surface area contributed by atoms with Gasteiger partial charge in [0.2, 0.25) is 0 Å². The highest BCUT2D eigenvalue weighted by molar-refractivity contribution is 9.11. The lowest BCUT2D eigenvalue weighted by atomic mass is 10.3. The van der Waals surface area contributed by atoms with Gasteiger partial charge in [0.15, 0.2) is 5.15 Å². The highest BCUT2D eigenvalue weighted by Crippen LogP contribution is 2.22. The van der Waals surface area contributed by atoms with Crippen molar-refractivity contribution in [2.24, 2.45) is 0 Å². The van der Waals surface area contributed by atoms with Crippen molar-refractivity contribution in [3.05, 3.63) is 50.4 Å². The van der Waals surface area contributed by atoms with Crippen molar-refractivity contribution in [1.29, 1.82) is 0 Å². The molecule has 6 heteroatoms. The fourth-order valence-corrected chi connectivity index (χ4v) is 2.58. The molecule has 0 saturated heterocycles. The Hall–Kier alpha value is -0.650. The zero-order valence-electron chi connectivity index (χ0n) is 8.62. The van der Waals surface area contributed by atoms with Crippen LogP contribution in [0.15, 0.2) is 39.5 Å². The Bertz CT molecular complexity index is 534. The third kappa shape index (κ3) is 3.40. The summed E-state index contributed by atoms with van der Waals surface area (Å²) in [6, 6.07) is 5.66. The number of pyridine rings is 2. The fourth-order valence-electron chi connectivity index (χ4n) is 1.27. The van der Waals surface area contributed by atoms with Crippen molar-refractivity contribution in [2.45, 2.75) is 6.54 Å². The van der Waals surface area contributed by atoms with Crippen LogP contribution in [0.25, 0.3) is 0 Å². The number of anilines is 1. The number of hydrogen-bond donors (Lipinski definition) is 1. The van der Waals surface area contributed by atoms with Crippen LogP contribution in [0, 0.1) is 0 Å². The Kier molecular flexibility index (Phi) is 4.36. The SMILES string of the molecule is Clc1ncccc1NCc1ncc(Br)cc1Br. The van der Waals surface area contributed by atoms with Crippen LogP contribution in [0.3, 0.4) is 0 Å². The van der Waals surface area contributed by atoms with Crippen LogP contribution in [-0.4, -0.2) is 9.97 Å². The normalized spacial score (nSPS) is 10.3. The van der Waals surface area contributed by atoms with Gasteiger partial charge in [0.05, 0.1) is 17.9 Å². The van der Waals surface area contributed by atoms with Gasteiger partial charge in [0.1, 0.15) is 0 Å². The summed E-state index contributed by atoms with van der Waals surface area (Å²) in [7, 11) is 0. The van der Waals surface area contributed by atoms with Gasteiger partial charge in [-0.05, 0) is 50.1 Å². The van der Waals surface area contributed by atoms with E-state index in [9.17, 15) is 0 Å². The van der Waals surface area contributed by atoms with E-state index in [1.165, 1.54) is 0 Å². The summed E-state index contributed by atoms with van der Waals surface area (Å²) in [4.78, 5) is 8.29. The number of aromatic nitrogens is 2. The first-order valence-corrected chi connectivity index (χ1v) is 6.77. The van der Waals surface area contributed by atoms with Gasteiger partial charge in [-0.15, -0.1) is 0 Å². The Morgan fingerprint density at radius 1 is 1.29 bits per heavy atom. The molecule has 0 fully saturated rings. The first-order valence-electron chi connectivity index (χ1n) is 4.81. The molecule has 0 bridgehead atoms. The second-order valence-corrected chi connectivity index (χ2v) is 5.41. The van der Waals surface area contributed by atoms with E-state index in [1.807, 2.05) is 18.2 Å². The standard InChI is InChI=1S/C11H8Br2ClN3/c12-7-4-8(13)10(16-5-7)6-17-9-2-1-3-15-11(9)14/h1-5,17H,6H2. The molecule has 0 spiro atoms. The average Bonchev–Trinajstić information content (AvgIpc) is 2.30. The molecule has 0 radical (unpaired) electrons. The number of nitrogens with one attached hydrogen (secondary N) is 1. The van der Waals surface area contributed by atoms with Crippen LogP contribution in [0.5, 0.6) is 0 Å². The molecule has 0 aliphatic carbocycles. The topological polar surface area (TPSA) is 37.8 Å². The zero-order chi connectivity index (χ0) is 12.3. The van der Waals surface area contributed by atoms with Crippen LogP contribution in [0.4, 0.5) is 5.69 Å². The van der Waals surface area contributed by atoms with Gasteiger partial charge < -0.3 is 5.32 Å². The van der Waals surface area contributed by atoms with E-state index in [0.717, 1.165) is 20.3 Å². The monoisotopic (exact) mass is 375 g/mol. The predicted molar refractivity (Wildman–Crippen MR) is 76.2 cm³/mol. The summed E-state index contributed by atoms with van der Waals surface area (Å²) in [5.74, 6) is 0. The van der Waals surface area contributed by atoms with Gasteiger partial charge in [-0.2, -0.15) is 0 Å². The molecule has 0 atom stereocenters. The van der Waals surface area contributed by atoms with E-state index in [4.69, 9.17) is 11.6 Å². The molecular weight excluding hydrogens is 369 g/mol.